The Morgan fingerprint density at radius 1 is 0.730 bits per heavy atom. The van der Waals surface area contributed by atoms with Crippen molar-refractivity contribution in [3.63, 3.8) is 0 Å². The van der Waals surface area contributed by atoms with Gasteiger partial charge in [-0.15, -0.1) is 0 Å². The third-order valence-electron chi connectivity index (χ3n) is 5.17. The van der Waals surface area contributed by atoms with E-state index in [0.29, 0.717) is 24.3 Å². The van der Waals surface area contributed by atoms with Gasteiger partial charge in [0.25, 0.3) is 0 Å². The fourth-order valence-electron chi connectivity index (χ4n) is 3.47. The normalized spacial score (nSPS) is 14.0. The largest absolute Gasteiger partial charge is 0.429 e. The Morgan fingerprint density at radius 2 is 1.32 bits per heavy atom. The summed E-state index contributed by atoms with van der Waals surface area (Å²) in [6.07, 6.45) is -16.0. The lowest BCUT2D eigenvalue weighted by atomic mass is 10.1. The number of hydrogen-bond donors (Lipinski definition) is 1. The molecule has 1 aromatic heterocycles. The molecule has 2 aromatic carbocycles. The highest BCUT2D eigenvalue weighted by molar-refractivity contribution is 5.97. The maximum atomic E-state index is 14.0. The molecule has 1 aliphatic heterocycles. The Hall–Kier alpha value is -3.78. The van der Waals surface area contributed by atoms with Crippen molar-refractivity contribution in [2.45, 2.75) is 31.4 Å². The smallest absolute Gasteiger partial charge is 0.339 e. The first kappa shape index (κ1) is 26.3. The van der Waals surface area contributed by atoms with Crippen LogP contribution in [0.1, 0.15) is 28.1 Å². The summed E-state index contributed by atoms with van der Waals surface area (Å²) in [6, 6.07) is 3.64. The van der Waals surface area contributed by atoms with Crippen LogP contribution >= 0.6 is 0 Å². The summed E-state index contributed by atoms with van der Waals surface area (Å²) in [5.41, 5.74) is -5.15. The number of anilines is 2. The molecular weight excluding hydrogens is 529 g/mol. The number of rotatable bonds is 4. The third-order valence-corrected chi connectivity index (χ3v) is 5.17. The van der Waals surface area contributed by atoms with E-state index in [9.17, 15) is 48.3 Å². The van der Waals surface area contributed by atoms with E-state index < -0.39 is 65.7 Å². The zero-order chi connectivity index (χ0) is 27.3. The minimum absolute atomic E-state index is 0.0728. The van der Waals surface area contributed by atoms with E-state index in [1.165, 1.54) is 0 Å². The third kappa shape index (κ3) is 5.64. The fourth-order valence-corrected chi connectivity index (χ4v) is 3.47. The van der Waals surface area contributed by atoms with Gasteiger partial charge in [0, 0.05) is 18.5 Å². The minimum atomic E-state index is -4.99. The molecule has 4 nitrogen and oxygen atoms in total. The molecule has 1 aliphatic rings. The number of alkyl halides is 9. The van der Waals surface area contributed by atoms with Crippen molar-refractivity contribution in [3.8, 4) is 0 Å². The summed E-state index contributed by atoms with van der Waals surface area (Å²) in [4.78, 5) is 11.3. The molecule has 0 radical (unpaired) electrons. The van der Waals surface area contributed by atoms with Crippen LogP contribution in [0.4, 0.5) is 65.6 Å². The van der Waals surface area contributed by atoms with Crippen molar-refractivity contribution in [1.29, 1.82) is 0 Å². The molecule has 0 atom stereocenters. The molecule has 0 aliphatic carbocycles. The Balaban J connectivity index is 1.73. The van der Waals surface area contributed by atoms with Gasteiger partial charge in [0.05, 0.1) is 22.5 Å². The van der Waals surface area contributed by atoms with Crippen LogP contribution in [0.25, 0.3) is 0 Å². The summed E-state index contributed by atoms with van der Waals surface area (Å²) in [5.74, 6) is -4.11. The zero-order valence-corrected chi connectivity index (χ0v) is 17.9. The first-order valence-electron chi connectivity index (χ1n) is 10.1. The Kier molecular flexibility index (Phi) is 6.36. The molecular formula is C22H11F11N4. The lowest BCUT2D eigenvalue weighted by Gasteiger charge is -2.14. The second-order valence-corrected chi connectivity index (χ2v) is 7.83. The molecule has 0 saturated carbocycles. The fraction of sp³-hybridized carbons (Fsp3) is 0.227. The van der Waals surface area contributed by atoms with Crippen LogP contribution in [0.2, 0.25) is 0 Å². The average Bonchev–Trinajstić information content (AvgIpc) is 3.15. The van der Waals surface area contributed by atoms with Crippen LogP contribution in [-0.4, -0.2) is 21.9 Å². The number of benzene rings is 2. The summed E-state index contributed by atoms with van der Waals surface area (Å²) in [7, 11) is 0. The van der Waals surface area contributed by atoms with Gasteiger partial charge < -0.3 is 5.32 Å². The van der Waals surface area contributed by atoms with E-state index in [2.05, 4.69) is 20.3 Å². The number of hydrogen-bond acceptors (Lipinski definition) is 4. The quantitative estimate of drug-likeness (QED) is 0.353. The molecule has 1 N–H and O–H groups in total. The SMILES string of the molecule is Fc1cc(Cc2nc3c(nc2Nc2ccc(C(F)(F)F)c(F)c2)N=C(C(F)(F)F)C3)ccc1C(F)(F)F. The van der Waals surface area contributed by atoms with E-state index >= 15 is 0 Å². The highest BCUT2D eigenvalue weighted by Crippen LogP contribution is 2.36. The van der Waals surface area contributed by atoms with Gasteiger partial charge in [-0.1, -0.05) is 6.07 Å². The molecule has 37 heavy (non-hydrogen) atoms. The molecule has 0 unspecified atom stereocenters. The maximum Gasteiger partial charge on any atom is 0.429 e. The predicted octanol–water partition coefficient (Wildman–Crippen LogP) is 7.32. The highest BCUT2D eigenvalue weighted by Gasteiger charge is 2.40. The summed E-state index contributed by atoms with van der Waals surface area (Å²) < 4.78 is 144. The van der Waals surface area contributed by atoms with Crippen LogP contribution < -0.4 is 5.32 Å². The topological polar surface area (TPSA) is 50.2 Å². The zero-order valence-electron chi connectivity index (χ0n) is 17.9. The summed E-state index contributed by atoms with van der Waals surface area (Å²) in [6.45, 7) is 0. The standard InChI is InChI=1S/C22H11F11N4/c23-13-5-9(1-3-11(13)20(25,26)27)6-15-18(34-10-2-4-12(14(24)7-10)21(28,29)30)37-19-16(35-15)8-17(36-19)22(31,32)33/h1-5,7H,6,8H2,(H,34,37). The molecule has 15 heteroatoms. The molecule has 3 aromatic rings. The van der Waals surface area contributed by atoms with Gasteiger partial charge in [0.2, 0.25) is 0 Å². The van der Waals surface area contributed by atoms with Gasteiger partial charge in [-0.25, -0.2) is 23.7 Å². The number of halogens is 11. The second-order valence-electron chi connectivity index (χ2n) is 7.83. The lowest BCUT2D eigenvalue weighted by Crippen LogP contribution is -2.22. The van der Waals surface area contributed by atoms with Crippen molar-refractivity contribution in [3.05, 3.63) is 76.1 Å². The lowest BCUT2D eigenvalue weighted by molar-refractivity contribution is -0.140. The van der Waals surface area contributed by atoms with Crippen LogP contribution in [0, 0.1) is 11.6 Å². The molecule has 0 amide bonds. The van der Waals surface area contributed by atoms with Crippen LogP contribution in [0.3, 0.4) is 0 Å². The first-order chi connectivity index (χ1) is 17.0. The Morgan fingerprint density at radius 3 is 1.86 bits per heavy atom. The number of fused-ring (bicyclic) bond motifs is 1. The number of aliphatic imine (C=N–C) groups is 1. The Bertz CT molecular complexity index is 1390. The molecule has 2 heterocycles. The highest BCUT2D eigenvalue weighted by atomic mass is 19.4. The van der Waals surface area contributed by atoms with E-state index in [1.807, 2.05) is 0 Å². The first-order valence-corrected chi connectivity index (χ1v) is 10.1. The molecule has 4 rings (SSSR count). The van der Waals surface area contributed by atoms with Gasteiger partial charge in [0.1, 0.15) is 17.3 Å². The van der Waals surface area contributed by atoms with Crippen molar-refractivity contribution in [2.24, 2.45) is 4.99 Å². The predicted molar refractivity (Wildman–Crippen MR) is 108 cm³/mol. The Labute approximate surface area is 199 Å². The van der Waals surface area contributed by atoms with E-state index in [0.717, 1.165) is 12.1 Å². The van der Waals surface area contributed by atoms with Crippen LogP contribution in [0.5, 0.6) is 0 Å². The average molecular weight is 540 g/mol. The van der Waals surface area contributed by atoms with Crippen LogP contribution in [-0.2, 0) is 25.2 Å². The van der Waals surface area contributed by atoms with Gasteiger partial charge in [-0.3, -0.25) is 0 Å². The van der Waals surface area contributed by atoms with E-state index in [1.54, 1.807) is 0 Å². The van der Waals surface area contributed by atoms with Gasteiger partial charge in [0.15, 0.2) is 11.6 Å². The van der Waals surface area contributed by atoms with Gasteiger partial charge >= 0.3 is 18.5 Å². The van der Waals surface area contributed by atoms with Crippen molar-refractivity contribution < 1.29 is 48.3 Å². The van der Waals surface area contributed by atoms with Gasteiger partial charge in [-0.2, -0.15) is 39.5 Å². The molecule has 196 valence electrons. The van der Waals surface area contributed by atoms with Crippen molar-refractivity contribution in [2.75, 3.05) is 5.32 Å². The monoisotopic (exact) mass is 540 g/mol. The summed E-state index contributed by atoms with van der Waals surface area (Å²) >= 11 is 0. The van der Waals surface area contributed by atoms with Crippen molar-refractivity contribution >= 4 is 23.0 Å². The van der Waals surface area contributed by atoms with E-state index in [4.69, 9.17) is 0 Å². The molecule has 0 saturated heterocycles. The minimum Gasteiger partial charge on any atom is -0.339 e. The number of nitrogens with one attached hydrogen (secondary N) is 1. The molecule has 0 bridgehead atoms. The van der Waals surface area contributed by atoms with Crippen LogP contribution in [0.15, 0.2) is 41.4 Å². The molecule has 0 spiro atoms. The van der Waals surface area contributed by atoms with Gasteiger partial charge in [-0.05, 0) is 35.9 Å². The summed E-state index contributed by atoms with van der Waals surface area (Å²) in [5, 5.41) is 2.44. The second kappa shape index (κ2) is 8.95. The van der Waals surface area contributed by atoms with E-state index in [-0.39, 0.29) is 28.5 Å². The van der Waals surface area contributed by atoms with Crippen molar-refractivity contribution in [1.82, 2.24) is 9.97 Å². The number of nitrogens with zero attached hydrogens (tertiary/aromatic N) is 3. The number of aromatic nitrogens is 2. The maximum absolute atomic E-state index is 14.0. The molecule has 0 fully saturated rings.